The standard InChI is InChI=1S/C23H27FN4O4S/c1-16-4-2-3-5-23(16)33(30,31)26-20-11-10-19(32-22(20)15-29)12-13-28-14-21(25-27-28)17-6-8-18(24)9-7-17/h2-9,14,19-20,22,26,29H,10-13,15H2,1H3/t19-,20-,22-/m1/s1. The van der Waals surface area contributed by atoms with Crippen molar-refractivity contribution >= 4 is 10.0 Å². The molecule has 2 N–H and O–H groups in total. The van der Waals surface area contributed by atoms with E-state index < -0.39 is 22.2 Å². The monoisotopic (exact) mass is 474 g/mol. The number of sulfonamides is 1. The van der Waals surface area contributed by atoms with Gasteiger partial charge in [0.25, 0.3) is 0 Å². The van der Waals surface area contributed by atoms with Crippen molar-refractivity contribution in [3.8, 4) is 11.3 Å². The lowest BCUT2D eigenvalue weighted by Crippen LogP contribution is -2.51. The normalized spacial score (nSPS) is 21.2. The topological polar surface area (TPSA) is 106 Å². The molecule has 10 heteroatoms. The zero-order valence-electron chi connectivity index (χ0n) is 18.3. The molecule has 2 aromatic carbocycles. The Hall–Kier alpha value is -2.66. The fraction of sp³-hybridized carbons (Fsp3) is 0.391. The second-order valence-electron chi connectivity index (χ2n) is 8.21. The van der Waals surface area contributed by atoms with Crippen LogP contribution in [0.5, 0.6) is 0 Å². The minimum absolute atomic E-state index is 0.139. The third kappa shape index (κ3) is 5.64. The van der Waals surface area contributed by atoms with Gasteiger partial charge in [0.1, 0.15) is 11.5 Å². The maximum absolute atomic E-state index is 13.1. The van der Waals surface area contributed by atoms with Crippen LogP contribution in [0.4, 0.5) is 4.39 Å². The Morgan fingerprint density at radius 2 is 1.94 bits per heavy atom. The first kappa shape index (κ1) is 23.5. The zero-order chi connectivity index (χ0) is 23.4. The predicted molar refractivity (Wildman–Crippen MR) is 120 cm³/mol. The van der Waals surface area contributed by atoms with Crippen LogP contribution in [0.2, 0.25) is 0 Å². The average molecular weight is 475 g/mol. The molecule has 33 heavy (non-hydrogen) atoms. The molecule has 8 nitrogen and oxygen atoms in total. The number of aliphatic hydroxyl groups is 1. The Morgan fingerprint density at radius 3 is 2.67 bits per heavy atom. The molecule has 1 saturated heterocycles. The summed E-state index contributed by atoms with van der Waals surface area (Å²) in [6, 6.07) is 12.3. The molecular formula is C23H27FN4O4S. The highest BCUT2D eigenvalue weighted by molar-refractivity contribution is 7.89. The predicted octanol–water partition coefficient (Wildman–Crippen LogP) is 2.67. The van der Waals surface area contributed by atoms with Crippen LogP contribution in [-0.4, -0.2) is 53.4 Å². The highest BCUT2D eigenvalue weighted by atomic mass is 32.2. The summed E-state index contributed by atoms with van der Waals surface area (Å²) in [6.45, 7) is 2.02. The highest BCUT2D eigenvalue weighted by Crippen LogP contribution is 2.25. The second-order valence-corrected chi connectivity index (χ2v) is 9.89. The Kier molecular flexibility index (Phi) is 7.18. The number of nitrogens with zero attached hydrogens (tertiary/aromatic N) is 3. The van der Waals surface area contributed by atoms with Crippen molar-refractivity contribution < 1.29 is 22.7 Å². The number of aromatic nitrogens is 3. The largest absolute Gasteiger partial charge is 0.394 e. The lowest BCUT2D eigenvalue weighted by atomic mass is 9.98. The Balaban J connectivity index is 1.34. The first-order valence-corrected chi connectivity index (χ1v) is 12.3. The van der Waals surface area contributed by atoms with Crippen LogP contribution in [0.25, 0.3) is 11.3 Å². The van der Waals surface area contributed by atoms with Gasteiger partial charge in [0.15, 0.2) is 0 Å². The number of hydrogen-bond donors (Lipinski definition) is 2. The number of hydrogen-bond acceptors (Lipinski definition) is 6. The van der Waals surface area contributed by atoms with Crippen molar-refractivity contribution in [3.63, 3.8) is 0 Å². The van der Waals surface area contributed by atoms with E-state index in [1.54, 1.807) is 54.2 Å². The minimum atomic E-state index is -3.72. The van der Waals surface area contributed by atoms with E-state index in [4.69, 9.17) is 4.74 Å². The van der Waals surface area contributed by atoms with E-state index in [0.717, 1.165) is 5.56 Å². The molecule has 0 saturated carbocycles. The van der Waals surface area contributed by atoms with Gasteiger partial charge >= 0.3 is 0 Å². The number of benzene rings is 2. The highest BCUT2D eigenvalue weighted by Gasteiger charge is 2.34. The molecule has 1 aliphatic rings. The van der Waals surface area contributed by atoms with Crippen LogP contribution >= 0.6 is 0 Å². The van der Waals surface area contributed by atoms with Gasteiger partial charge in [0.05, 0.1) is 35.9 Å². The van der Waals surface area contributed by atoms with Gasteiger partial charge in [0, 0.05) is 12.1 Å². The maximum Gasteiger partial charge on any atom is 0.241 e. The van der Waals surface area contributed by atoms with Crippen molar-refractivity contribution in [1.82, 2.24) is 19.7 Å². The number of nitrogens with one attached hydrogen (secondary N) is 1. The van der Waals surface area contributed by atoms with Gasteiger partial charge in [-0.05, 0) is 62.1 Å². The van der Waals surface area contributed by atoms with Crippen molar-refractivity contribution in [2.75, 3.05) is 6.61 Å². The van der Waals surface area contributed by atoms with Crippen molar-refractivity contribution in [2.24, 2.45) is 0 Å². The molecule has 2 heterocycles. The fourth-order valence-electron chi connectivity index (χ4n) is 4.04. The Morgan fingerprint density at radius 1 is 1.18 bits per heavy atom. The van der Waals surface area contributed by atoms with E-state index >= 15 is 0 Å². The summed E-state index contributed by atoms with van der Waals surface area (Å²) < 4.78 is 49.2. The molecule has 0 aliphatic carbocycles. The molecule has 176 valence electrons. The summed E-state index contributed by atoms with van der Waals surface area (Å²) in [5, 5.41) is 18.1. The smallest absolute Gasteiger partial charge is 0.241 e. The summed E-state index contributed by atoms with van der Waals surface area (Å²) in [5.41, 5.74) is 2.09. The summed E-state index contributed by atoms with van der Waals surface area (Å²) in [7, 11) is -3.72. The van der Waals surface area contributed by atoms with Crippen molar-refractivity contribution in [2.45, 2.75) is 55.9 Å². The van der Waals surface area contributed by atoms with E-state index in [2.05, 4.69) is 15.0 Å². The lowest BCUT2D eigenvalue weighted by molar-refractivity contribution is -0.0891. The molecule has 1 aliphatic heterocycles. The number of ether oxygens (including phenoxy) is 1. The molecule has 1 aromatic heterocycles. The summed E-state index contributed by atoms with van der Waals surface area (Å²) >= 11 is 0. The molecule has 1 fully saturated rings. The molecular weight excluding hydrogens is 447 g/mol. The maximum atomic E-state index is 13.1. The Labute approximate surface area is 192 Å². The third-order valence-electron chi connectivity index (χ3n) is 5.84. The number of aliphatic hydroxyl groups excluding tert-OH is 1. The fourth-order valence-corrected chi connectivity index (χ4v) is 5.58. The van der Waals surface area contributed by atoms with Crippen LogP contribution in [0.1, 0.15) is 24.8 Å². The zero-order valence-corrected chi connectivity index (χ0v) is 19.1. The quantitative estimate of drug-likeness (QED) is 0.520. The van der Waals surface area contributed by atoms with Gasteiger partial charge in [-0.15, -0.1) is 5.10 Å². The van der Waals surface area contributed by atoms with Gasteiger partial charge in [-0.3, -0.25) is 4.68 Å². The molecule has 0 unspecified atom stereocenters. The van der Waals surface area contributed by atoms with Crippen LogP contribution in [0.3, 0.4) is 0 Å². The average Bonchev–Trinajstić information content (AvgIpc) is 3.28. The van der Waals surface area contributed by atoms with E-state index in [-0.39, 0.29) is 23.4 Å². The van der Waals surface area contributed by atoms with Crippen LogP contribution in [0, 0.1) is 12.7 Å². The molecule has 3 atom stereocenters. The first-order chi connectivity index (χ1) is 15.9. The first-order valence-electron chi connectivity index (χ1n) is 10.9. The van der Waals surface area contributed by atoms with Crippen LogP contribution < -0.4 is 4.72 Å². The summed E-state index contributed by atoms with van der Waals surface area (Å²) in [5.74, 6) is -0.307. The van der Waals surface area contributed by atoms with Gasteiger partial charge in [0.2, 0.25) is 10.0 Å². The summed E-state index contributed by atoms with van der Waals surface area (Å²) in [6.07, 6.45) is 2.86. The second kappa shape index (κ2) is 10.1. The van der Waals surface area contributed by atoms with Gasteiger partial charge in [-0.2, -0.15) is 0 Å². The summed E-state index contributed by atoms with van der Waals surface area (Å²) in [4.78, 5) is 0.229. The van der Waals surface area contributed by atoms with Gasteiger partial charge in [-0.25, -0.2) is 17.5 Å². The Bertz CT molecular complexity index is 1180. The molecule has 0 radical (unpaired) electrons. The molecule has 4 rings (SSSR count). The van der Waals surface area contributed by atoms with Crippen molar-refractivity contribution in [3.05, 3.63) is 66.1 Å². The minimum Gasteiger partial charge on any atom is -0.394 e. The van der Waals surface area contributed by atoms with E-state index in [0.29, 0.717) is 37.1 Å². The molecule has 0 spiro atoms. The van der Waals surface area contributed by atoms with E-state index in [1.807, 2.05) is 0 Å². The third-order valence-corrected chi connectivity index (χ3v) is 7.49. The number of aryl methyl sites for hydroxylation is 2. The van der Waals surface area contributed by atoms with Crippen LogP contribution in [-0.2, 0) is 21.3 Å². The van der Waals surface area contributed by atoms with Crippen molar-refractivity contribution in [1.29, 1.82) is 0 Å². The van der Waals surface area contributed by atoms with E-state index in [1.165, 1.54) is 12.1 Å². The number of halogens is 1. The molecule has 3 aromatic rings. The van der Waals surface area contributed by atoms with Gasteiger partial charge in [-0.1, -0.05) is 23.4 Å². The molecule has 0 amide bonds. The van der Waals surface area contributed by atoms with E-state index in [9.17, 15) is 17.9 Å². The lowest BCUT2D eigenvalue weighted by Gasteiger charge is -2.36. The molecule has 0 bridgehead atoms. The number of rotatable bonds is 8. The SMILES string of the molecule is Cc1ccccc1S(=O)(=O)N[C@@H]1CC[C@H](CCn2cc(-c3ccc(F)cc3)nn2)O[C@@H]1CO. The van der Waals surface area contributed by atoms with Crippen LogP contribution in [0.15, 0.2) is 59.6 Å². The van der Waals surface area contributed by atoms with Gasteiger partial charge < -0.3 is 9.84 Å².